The zero-order chi connectivity index (χ0) is 42.9. The van der Waals surface area contributed by atoms with E-state index in [0.717, 1.165) is 60.1 Å². The number of rotatable bonds is 13. The number of methoxy groups -OCH3 is 1. The van der Waals surface area contributed by atoms with E-state index in [1.165, 1.54) is 13.0 Å². The SMILES string of the molecule is COCCCc1ccc(Cl)c(CN(C(=O)C2=C(c3ccc(OCc4cc(-c5c(F)ccc(F)c5Cl)no4)cc3)C[C@@H]3CN(C(C)=O)C[C@H]2N3C(=O)OC(C)(C)C)C2CC2)c1. The first-order chi connectivity index (χ1) is 28.6. The molecule has 0 unspecified atom stereocenters. The topological polar surface area (TPSA) is 115 Å². The summed E-state index contributed by atoms with van der Waals surface area (Å²) in [6, 6.07) is 15.2. The van der Waals surface area contributed by atoms with E-state index in [1.807, 2.05) is 35.2 Å². The number of halogens is 4. The van der Waals surface area contributed by atoms with E-state index < -0.39 is 40.4 Å². The number of aromatic nitrogens is 1. The van der Waals surface area contributed by atoms with Crippen LogP contribution in [0.2, 0.25) is 10.0 Å². The highest BCUT2D eigenvalue weighted by Gasteiger charge is 2.50. The second-order valence-electron chi connectivity index (χ2n) is 16.5. The van der Waals surface area contributed by atoms with Gasteiger partial charge in [0.25, 0.3) is 5.91 Å². The Morgan fingerprint density at radius 1 is 0.983 bits per heavy atom. The summed E-state index contributed by atoms with van der Waals surface area (Å²) in [7, 11) is 1.67. The molecular formula is C45H48Cl2F2N4O7. The van der Waals surface area contributed by atoms with Crippen LogP contribution in [0.5, 0.6) is 5.75 Å². The Morgan fingerprint density at radius 3 is 2.40 bits per heavy atom. The summed E-state index contributed by atoms with van der Waals surface area (Å²) < 4.78 is 51.1. The second-order valence-corrected chi connectivity index (χ2v) is 17.3. The number of carbonyl (C=O) groups excluding carboxylic acids is 3. The van der Waals surface area contributed by atoms with E-state index in [2.05, 4.69) is 5.16 Å². The van der Waals surface area contributed by atoms with Gasteiger partial charge in [-0.1, -0.05) is 52.6 Å². The van der Waals surface area contributed by atoms with Crippen molar-refractivity contribution in [3.8, 4) is 17.0 Å². The third-order valence-corrected chi connectivity index (χ3v) is 11.6. The predicted molar refractivity (Wildman–Crippen MR) is 222 cm³/mol. The third kappa shape index (κ3) is 9.64. The molecule has 1 saturated heterocycles. The van der Waals surface area contributed by atoms with Crippen molar-refractivity contribution in [3.05, 3.63) is 110 Å². The van der Waals surface area contributed by atoms with Gasteiger partial charge in [0.05, 0.1) is 22.7 Å². The Hall–Kier alpha value is -4.98. The van der Waals surface area contributed by atoms with Gasteiger partial charge in [0.15, 0.2) is 5.76 Å². The monoisotopic (exact) mass is 864 g/mol. The highest BCUT2D eigenvalue weighted by Crippen LogP contribution is 2.42. The van der Waals surface area contributed by atoms with E-state index in [9.17, 15) is 18.4 Å². The number of nitrogens with zero attached hydrogens (tertiary/aromatic N) is 4. The summed E-state index contributed by atoms with van der Waals surface area (Å²) in [6.07, 6.45) is 3.03. The van der Waals surface area contributed by atoms with E-state index in [1.54, 1.807) is 49.8 Å². The molecule has 1 saturated carbocycles. The first-order valence-electron chi connectivity index (χ1n) is 20.0. The van der Waals surface area contributed by atoms with Gasteiger partial charge in [-0.25, -0.2) is 13.6 Å². The molecule has 7 rings (SSSR count). The second kappa shape index (κ2) is 17.9. The maximum atomic E-state index is 15.3. The molecule has 2 atom stereocenters. The highest BCUT2D eigenvalue weighted by atomic mass is 35.5. The standard InChI is InChI=1S/C45H48Cl2F2N4O7/c1-26(54)51-23-31-20-34(28-9-13-32(14-10-28)58-25-33-21-38(50-60-33)41-36(48)16-17-37(49)42(41)47)40(39(24-51)53(31)44(56)59-45(2,3)4)43(55)52(30-11-12-30)22-29-19-27(7-6-18-57-5)8-15-35(29)46/h8-10,13-17,19,21,30-31,39H,6-7,11-12,18,20,22-25H2,1-5H3/t31-,39-/m1/s1. The Labute approximate surface area is 358 Å². The van der Waals surface area contributed by atoms with Crippen LogP contribution in [0.4, 0.5) is 13.6 Å². The van der Waals surface area contributed by atoms with Gasteiger partial charge in [-0.3, -0.25) is 14.5 Å². The number of aryl methyl sites for hydroxylation is 1. The fraction of sp³-hybridized carbons (Fsp3) is 0.422. The molecule has 15 heteroatoms. The number of benzene rings is 3. The maximum Gasteiger partial charge on any atom is 0.411 e. The number of amides is 3. The smallest absolute Gasteiger partial charge is 0.411 e. The van der Waals surface area contributed by atoms with E-state index in [-0.39, 0.29) is 67.5 Å². The average molecular weight is 866 g/mol. The molecule has 2 bridgehead atoms. The fourth-order valence-electron chi connectivity index (χ4n) is 7.89. The molecule has 4 aromatic rings. The van der Waals surface area contributed by atoms with Crippen LogP contribution in [-0.4, -0.2) is 88.3 Å². The maximum absolute atomic E-state index is 15.3. The van der Waals surface area contributed by atoms with Gasteiger partial charge >= 0.3 is 6.09 Å². The van der Waals surface area contributed by atoms with Crippen molar-refractivity contribution in [2.45, 2.75) is 96.7 Å². The van der Waals surface area contributed by atoms with Crippen molar-refractivity contribution in [2.24, 2.45) is 0 Å². The minimum Gasteiger partial charge on any atom is -0.486 e. The lowest BCUT2D eigenvalue weighted by Gasteiger charge is -2.51. The molecule has 2 aliphatic heterocycles. The first kappa shape index (κ1) is 43.1. The molecule has 1 aliphatic carbocycles. The Bertz CT molecular complexity index is 2290. The zero-order valence-electron chi connectivity index (χ0n) is 34.2. The summed E-state index contributed by atoms with van der Waals surface area (Å²) in [5.74, 6) is -1.19. The van der Waals surface area contributed by atoms with Crippen LogP contribution in [0.25, 0.3) is 16.8 Å². The van der Waals surface area contributed by atoms with Gasteiger partial charge in [0.2, 0.25) is 5.91 Å². The Kier molecular flexibility index (Phi) is 12.9. The zero-order valence-corrected chi connectivity index (χ0v) is 35.7. The van der Waals surface area contributed by atoms with Crippen LogP contribution >= 0.6 is 23.2 Å². The van der Waals surface area contributed by atoms with Gasteiger partial charge in [-0.05, 0) is 105 Å². The summed E-state index contributed by atoms with van der Waals surface area (Å²) in [5.41, 5.74) is 2.88. The largest absolute Gasteiger partial charge is 0.486 e. The van der Waals surface area contributed by atoms with Gasteiger partial charge in [-0.2, -0.15) is 0 Å². The predicted octanol–water partition coefficient (Wildman–Crippen LogP) is 9.27. The highest BCUT2D eigenvalue weighted by molar-refractivity contribution is 6.33. The van der Waals surface area contributed by atoms with Crippen molar-refractivity contribution in [2.75, 3.05) is 26.8 Å². The van der Waals surface area contributed by atoms with Gasteiger partial charge in [0.1, 0.15) is 35.3 Å². The summed E-state index contributed by atoms with van der Waals surface area (Å²) in [5, 5.41) is 4.02. The van der Waals surface area contributed by atoms with Crippen LogP contribution in [0.15, 0.2) is 70.8 Å². The average Bonchev–Trinajstić information content (AvgIpc) is 3.94. The van der Waals surface area contributed by atoms with E-state index >= 15 is 4.79 Å². The molecule has 60 heavy (non-hydrogen) atoms. The molecule has 3 aliphatic rings. The summed E-state index contributed by atoms with van der Waals surface area (Å²) in [4.78, 5) is 47.5. The molecule has 318 valence electrons. The van der Waals surface area contributed by atoms with E-state index in [4.69, 9.17) is 41.9 Å². The van der Waals surface area contributed by atoms with Gasteiger partial charge in [0, 0.05) is 63.0 Å². The van der Waals surface area contributed by atoms with Crippen molar-refractivity contribution < 1.29 is 41.9 Å². The number of hydrogen-bond acceptors (Lipinski definition) is 8. The molecule has 0 spiro atoms. The first-order valence-corrected chi connectivity index (χ1v) is 20.8. The van der Waals surface area contributed by atoms with Crippen molar-refractivity contribution >= 4 is 46.7 Å². The van der Waals surface area contributed by atoms with Crippen LogP contribution in [0.1, 0.15) is 75.8 Å². The molecule has 3 heterocycles. The Balaban J connectivity index is 1.22. The quantitative estimate of drug-likeness (QED) is 0.0966. The molecule has 3 amide bonds. The molecule has 3 aromatic carbocycles. The number of ether oxygens (including phenoxy) is 3. The van der Waals surface area contributed by atoms with Crippen molar-refractivity contribution in [1.29, 1.82) is 0 Å². The minimum atomic E-state index is -0.795. The lowest BCUT2D eigenvalue weighted by atomic mass is 9.81. The molecule has 0 radical (unpaired) electrons. The normalized spacial score (nSPS) is 17.8. The lowest BCUT2D eigenvalue weighted by Crippen LogP contribution is -2.65. The number of piperazine rings is 1. The lowest BCUT2D eigenvalue weighted by molar-refractivity contribution is -0.135. The number of hydrogen-bond donors (Lipinski definition) is 0. The molecular weight excluding hydrogens is 817 g/mol. The Morgan fingerprint density at radius 2 is 1.72 bits per heavy atom. The van der Waals surface area contributed by atoms with E-state index in [0.29, 0.717) is 23.0 Å². The minimum absolute atomic E-state index is 0.0268. The number of fused-ring (bicyclic) bond motifs is 2. The van der Waals surface area contributed by atoms with Crippen molar-refractivity contribution in [1.82, 2.24) is 19.9 Å². The molecule has 11 nitrogen and oxygen atoms in total. The molecule has 1 aromatic heterocycles. The van der Waals surface area contributed by atoms with Gasteiger partial charge < -0.3 is 28.5 Å². The van der Waals surface area contributed by atoms with Gasteiger partial charge in [-0.15, -0.1) is 0 Å². The number of carbonyl (C=O) groups is 3. The molecule has 2 fully saturated rings. The van der Waals surface area contributed by atoms with Crippen LogP contribution in [0.3, 0.4) is 0 Å². The van der Waals surface area contributed by atoms with Crippen molar-refractivity contribution in [3.63, 3.8) is 0 Å². The van der Waals surface area contributed by atoms with Crippen LogP contribution in [-0.2, 0) is 38.6 Å². The van der Waals surface area contributed by atoms with Crippen LogP contribution < -0.4 is 4.74 Å². The fourth-order valence-corrected chi connectivity index (χ4v) is 8.31. The summed E-state index contributed by atoms with van der Waals surface area (Å²) in [6.45, 7) is 8.11. The van der Waals surface area contributed by atoms with Crippen LogP contribution in [0, 0.1) is 11.6 Å². The third-order valence-electron chi connectivity index (χ3n) is 10.9. The summed E-state index contributed by atoms with van der Waals surface area (Å²) >= 11 is 12.8. The molecule has 0 N–H and O–H groups in total.